The standard InChI is InChI=1S/C22H26FN3OS/c23-18-3-1-2-4-19(18)24-10-12-25(13-11-24)21(27)15-26-9-7-20-17(8-14-28-20)22(26)16-5-6-16/h1-4,8,14,16,22H,5-7,9-13,15H2/p+1/t22-/m0/s1. The number of benzene rings is 1. The van der Waals surface area contributed by atoms with Crippen LogP contribution in [0, 0.1) is 11.7 Å². The van der Waals surface area contributed by atoms with Crippen molar-refractivity contribution >= 4 is 22.9 Å². The van der Waals surface area contributed by atoms with Gasteiger partial charge in [0.25, 0.3) is 5.91 Å². The van der Waals surface area contributed by atoms with E-state index in [-0.39, 0.29) is 11.7 Å². The van der Waals surface area contributed by atoms with E-state index in [9.17, 15) is 9.18 Å². The maximum Gasteiger partial charge on any atom is 0.277 e. The second-order valence-electron chi connectivity index (χ2n) is 8.27. The number of hydrogen-bond acceptors (Lipinski definition) is 3. The van der Waals surface area contributed by atoms with Crippen LogP contribution in [0.3, 0.4) is 0 Å². The molecule has 2 atom stereocenters. The summed E-state index contributed by atoms with van der Waals surface area (Å²) in [5.41, 5.74) is 2.15. The SMILES string of the molecule is O=C(C[NH+]1CCc2sccc2[C@@H]1C1CC1)N1CCN(c2ccccc2F)CC1. The summed E-state index contributed by atoms with van der Waals surface area (Å²) in [4.78, 5) is 20.1. The van der Waals surface area contributed by atoms with Gasteiger partial charge in [0, 0.05) is 49.0 Å². The van der Waals surface area contributed by atoms with E-state index >= 15 is 0 Å². The number of quaternary nitrogens is 1. The molecule has 1 saturated heterocycles. The molecule has 3 aliphatic rings. The molecule has 0 bridgehead atoms. The molecular formula is C22H27FN3OS+. The number of amides is 1. The Bertz CT molecular complexity index is 857. The van der Waals surface area contributed by atoms with Crippen LogP contribution in [-0.4, -0.2) is 50.1 Å². The Morgan fingerprint density at radius 3 is 2.68 bits per heavy atom. The number of carbonyl (C=O) groups excluding carboxylic acids is 1. The van der Waals surface area contributed by atoms with Gasteiger partial charge < -0.3 is 14.7 Å². The predicted octanol–water partition coefficient (Wildman–Crippen LogP) is 2.13. The Balaban J connectivity index is 1.22. The van der Waals surface area contributed by atoms with Crippen LogP contribution in [0.1, 0.15) is 29.3 Å². The summed E-state index contributed by atoms with van der Waals surface area (Å²) in [6.45, 7) is 4.41. The number of para-hydroxylation sites is 1. The van der Waals surface area contributed by atoms with Gasteiger partial charge in [0.2, 0.25) is 0 Å². The summed E-state index contributed by atoms with van der Waals surface area (Å²) in [7, 11) is 0. The molecule has 1 aliphatic carbocycles. The van der Waals surface area contributed by atoms with Crippen LogP contribution in [0.2, 0.25) is 0 Å². The predicted molar refractivity (Wildman–Crippen MR) is 109 cm³/mol. The highest BCUT2D eigenvalue weighted by Gasteiger charge is 2.44. The number of anilines is 1. The first-order valence-corrected chi connectivity index (χ1v) is 11.3. The van der Waals surface area contributed by atoms with Crippen molar-refractivity contribution in [3.8, 4) is 0 Å². The van der Waals surface area contributed by atoms with E-state index in [1.807, 2.05) is 28.4 Å². The molecule has 1 saturated carbocycles. The fraction of sp³-hybridized carbons (Fsp3) is 0.500. The average molecular weight is 401 g/mol. The van der Waals surface area contributed by atoms with Gasteiger partial charge in [-0.1, -0.05) is 12.1 Å². The maximum atomic E-state index is 14.0. The average Bonchev–Trinajstić information content (AvgIpc) is 3.44. The highest BCUT2D eigenvalue weighted by atomic mass is 32.1. The molecule has 2 aliphatic heterocycles. The van der Waals surface area contributed by atoms with Crippen molar-refractivity contribution in [3.63, 3.8) is 0 Å². The lowest BCUT2D eigenvalue weighted by Crippen LogP contribution is -3.14. The Labute approximate surface area is 169 Å². The lowest BCUT2D eigenvalue weighted by Gasteiger charge is -2.38. The first kappa shape index (κ1) is 18.1. The smallest absolute Gasteiger partial charge is 0.277 e. The van der Waals surface area contributed by atoms with Crippen LogP contribution in [0.5, 0.6) is 0 Å². The molecule has 28 heavy (non-hydrogen) atoms. The van der Waals surface area contributed by atoms with E-state index in [1.165, 1.54) is 34.2 Å². The number of piperazine rings is 1. The Hall–Kier alpha value is -1.92. The maximum absolute atomic E-state index is 14.0. The van der Waals surface area contributed by atoms with Crippen molar-refractivity contribution in [2.45, 2.75) is 25.3 Å². The molecule has 1 unspecified atom stereocenters. The van der Waals surface area contributed by atoms with Gasteiger partial charge in [0.15, 0.2) is 6.54 Å². The lowest BCUT2D eigenvalue weighted by atomic mass is 9.96. The van der Waals surface area contributed by atoms with Gasteiger partial charge in [0.1, 0.15) is 11.9 Å². The Kier molecular flexibility index (Phi) is 4.85. The van der Waals surface area contributed by atoms with Gasteiger partial charge in [-0.05, 0) is 36.4 Å². The van der Waals surface area contributed by atoms with Crippen LogP contribution >= 0.6 is 11.3 Å². The van der Waals surface area contributed by atoms with E-state index in [2.05, 4.69) is 16.3 Å². The molecule has 1 amide bonds. The third-order valence-corrected chi connectivity index (χ3v) is 7.52. The minimum absolute atomic E-state index is 0.182. The number of rotatable bonds is 4. The number of thiophene rings is 1. The van der Waals surface area contributed by atoms with Crippen LogP contribution < -0.4 is 9.80 Å². The zero-order valence-corrected chi connectivity index (χ0v) is 16.9. The number of nitrogens with zero attached hydrogens (tertiary/aromatic N) is 2. The van der Waals surface area contributed by atoms with Crippen molar-refractivity contribution < 1.29 is 14.1 Å². The first-order chi connectivity index (χ1) is 13.7. The molecule has 148 valence electrons. The molecule has 1 N–H and O–H groups in total. The number of nitrogens with one attached hydrogen (secondary N) is 1. The van der Waals surface area contributed by atoms with Crippen LogP contribution in [0.25, 0.3) is 0 Å². The molecule has 1 aromatic carbocycles. The first-order valence-electron chi connectivity index (χ1n) is 10.4. The van der Waals surface area contributed by atoms with Gasteiger partial charge in [-0.25, -0.2) is 4.39 Å². The molecule has 6 heteroatoms. The van der Waals surface area contributed by atoms with Crippen molar-refractivity contribution in [2.75, 3.05) is 44.2 Å². The molecular weight excluding hydrogens is 373 g/mol. The number of fused-ring (bicyclic) bond motifs is 1. The van der Waals surface area contributed by atoms with Gasteiger partial charge in [-0.3, -0.25) is 4.79 Å². The van der Waals surface area contributed by atoms with Gasteiger partial charge in [-0.15, -0.1) is 11.3 Å². The number of halogens is 1. The summed E-state index contributed by atoms with van der Waals surface area (Å²) >= 11 is 1.88. The molecule has 4 nitrogen and oxygen atoms in total. The summed E-state index contributed by atoms with van der Waals surface area (Å²) in [5.74, 6) is 0.834. The minimum atomic E-state index is -0.182. The molecule has 0 spiro atoms. The Morgan fingerprint density at radius 1 is 1.14 bits per heavy atom. The molecule has 2 fully saturated rings. The van der Waals surface area contributed by atoms with E-state index < -0.39 is 0 Å². The minimum Gasteiger partial charge on any atom is -0.366 e. The van der Waals surface area contributed by atoms with Crippen LogP contribution in [0.4, 0.5) is 10.1 Å². The monoisotopic (exact) mass is 400 g/mol. The molecule has 0 radical (unpaired) electrons. The van der Waals surface area contributed by atoms with Crippen LogP contribution in [-0.2, 0) is 11.2 Å². The van der Waals surface area contributed by atoms with Crippen LogP contribution in [0.15, 0.2) is 35.7 Å². The van der Waals surface area contributed by atoms with Crippen molar-refractivity contribution in [3.05, 3.63) is 52.0 Å². The zero-order chi connectivity index (χ0) is 19.1. The van der Waals surface area contributed by atoms with Gasteiger partial charge in [0.05, 0.1) is 12.2 Å². The topological polar surface area (TPSA) is 28.0 Å². The summed E-state index contributed by atoms with van der Waals surface area (Å²) in [6.07, 6.45) is 3.71. The van der Waals surface area contributed by atoms with E-state index in [0.717, 1.165) is 18.9 Å². The second-order valence-corrected chi connectivity index (χ2v) is 9.27. The third kappa shape index (κ3) is 3.44. The van der Waals surface area contributed by atoms with E-state index in [4.69, 9.17) is 0 Å². The Morgan fingerprint density at radius 2 is 1.93 bits per heavy atom. The zero-order valence-electron chi connectivity index (χ0n) is 16.1. The fourth-order valence-electron chi connectivity index (χ4n) is 4.91. The summed E-state index contributed by atoms with van der Waals surface area (Å²) in [6, 6.07) is 9.72. The summed E-state index contributed by atoms with van der Waals surface area (Å²) in [5, 5.41) is 2.22. The highest BCUT2D eigenvalue weighted by Crippen LogP contribution is 2.42. The molecule has 1 aromatic heterocycles. The lowest BCUT2D eigenvalue weighted by molar-refractivity contribution is -0.929. The molecule has 5 rings (SSSR count). The number of hydrogen-bond donors (Lipinski definition) is 1. The fourth-order valence-corrected chi connectivity index (χ4v) is 5.84. The quantitative estimate of drug-likeness (QED) is 0.852. The van der Waals surface area contributed by atoms with Gasteiger partial charge in [-0.2, -0.15) is 0 Å². The van der Waals surface area contributed by atoms with E-state index in [1.54, 1.807) is 6.07 Å². The van der Waals surface area contributed by atoms with Gasteiger partial charge >= 0.3 is 0 Å². The third-order valence-electron chi connectivity index (χ3n) is 6.53. The molecule has 3 heterocycles. The molecule has 2 aromatic rings. The van der Waals surface area contributed by atoms with Crippen molar-refractivity contribution in [1.29, 1.82) is 0 Å². The highest BCUT2D eigenvalue weighted by molar-refractivity contribution is 7.10. The van der Waals surface area contributed by atoms with E-state index in [0.29, 0.717) is 44.5 Å². The largest absolute Gasteiger partial charge is 0.366 e. The van der Waals surface area contributed by atoms with Crippen molar-refractivity contribution in [2.24, 2.45) is 5.92 Å². The second kappa shape index (κ2) is 7.48. The normalized spacial score (nSPS) is 24.9. The summed E-state index contributed by atoms with van der Waals surface area (Å²) < 4.78 is 14.0. The number of carbonyl (C=O) groups is 1. The van der Waals surface area contributed by atoms with Crippen molar-refractivity contribution in [1.82, 2.24) is 4.90 Å².